The Morgan fingerprint density at radius 2 is 1.65 bits per heavy atom. The van der Waals surface area contributed by atoms with Crippen LogP contribution in [0.2, 0.25) is 0 Å². The first-order valence-electron chi connectivity index (χ1n) is 23.3. The fourth-order valence-corrected chi connectivity index (χ4v) is 8.87. The van der Waals surface area contributed by atoms with Gasteiger partial charge in [0.1, 0.15) is 30.8 Å². The average Bonchev–Trinajstić information content (AvgIpc) is 3.99. The quantitative estimate of drug-likeness (QED) is 0.0599. The van der Waals surface area contributed by atoms with Crippen molar-refractivity contribution < 1.29 is 38.2 Å². The molecule has 2 saturated carbocycles. The van der Waals surface area contributed by atoms with Gasteiger partial charge in [0.25, 0.3) is 5.91 Å². The van der Waals surface area contributed by atoms with Gasteiger partial charge in [0.15, 0.2) is 0 Å². The van der Waals surface area contributed by atoms with Gasteiger partial charge in [0.2, 0.25) is 23.7 Å². The Balaban J connectivity index is 0.639. The number of ether oxygens (including phenoxy) is 3. The highest BCUT2D eigenvalue weighted by molar-refractivity contribution is 6.05. The lowest BCUT2D eigenvalue weighted by Crippen LogP contribution is -2.52. The van der Waals surface area contributed by atoms with Crippen LogP contribution in [0.15, 0.2) is 54.9 Å². The Kier molecular flexibility index (Phi) is 15.5. The van der Waals surface area contributed by atoms with Gasteiger partial charge in [-0.2, -0.15) is 5.10 Å². The van der Waals surface area contributed by atoms with Crippen molar-refractivity contribution in [3.63, 3.8) is 0 Å². The smallest absolute Gasteiger partial charge is 0.255 e. The Bertz CT molecular complexity index is 2370. The minimum Gasteiger partial charge on any atom is -0.489 e. The lowest BCUT2D eigenvalue weighted by Gasteiger charge is -2.29. The van der Waals surface area contributed by atoms with E-state index in [-0.39, 0.29) is 62.3 Å². The van der Waals surface area contributed by atoms with E-state index in [0.29, 0.717) is 68.9 Å². The van der Waals surface area contributed by atoms with E-state index in [4.69, 9.17) is 19.2 Å². The van der Waals surface area contributed by atoms with Crippen molar-refractivity contribution in [1.82, 2.24) is 40.6 Å². The van der Waals surface area contributed by atoms with Crippen molar-refractivity contribution in [2.75, 3.05) is 38.3 Å². The van der Waals surface area contributed by atoms with Crippen molar-refractivity contribution in [2.24, 2.45) is 13.0 Å². The summed E-state index contributed by atoms with van der Waals surface area (Å²) in [5.41, 5.74) is 7.37. The zero-order valence-electron chi connectivity index (χ0n) is 37.9. The van der Waals surface area contributed by atoms with Gasteiger partial charge in [0, 0.05) is 73.7 Å². The first-order chi connectivity index (χ1) is 32.1. The Hall–Kier alpha value is -6.04. The van der Waals surface area contributed by atoms with Crippen molar-refractivity contribution in [3.8, 4) is 17.0 Å². The molecule has 1 atom stereocenters. The third-order valence-electron chi connectivity index (χ3n) is 12.9. The first-order valence-corrected chi connectivity index (χ1v) is 23.3. The molecule has 350 valence electrons. The van der Waals surface area contributed by atoms with Crippen LogP contribution >= 0.6 is 0 Å². The molecule has 4 N–H and O–H groups in total. The topological polar surface area (TPSA) is 208 Å². The molecule has 2 aromatic heterocycles. The SMILES string of the molecule is Cc1cnc(NC2CCC(NCC(=O)CCCOCCOCC(=O)NCc3ccc(COc4cccc5c4CN(C4CCC(=O)NC4=O)C5=O)cc3)CC2)nc1-c1cnn(C)c1CC1CC1. The Morgan fingerprint density at radius 3 is 2.44 bits per heavy atom. The second-order valence-electron chi connectivity index (χ2n) is 17.9. The Labute approximate surface area is 385 Å². The Morgan fingerprint density at radius 1 is 0.879 bits per heavy atom. The van der Waals surface area contributed by atoms with Crippen LogP contribution in [0.3, 0.4) is 0 Å². The lowest BCUT2D eigenvalue weighted by molar-refractivity contribution is -0.137. The van der Waals surface area contributed by atoms with E-state index in [9.17, 15) is 24.0 Å². The summed E-state index contributed by atoms with van der Waals surface area (Å²) in [5.74, 6) is 0.884. The fraction of sp³-hybridized carbons (Fsp3) is 0.510. The third kappa shape index (κ3) is 12.2. The molecule has 0 bridgehead atoms. The number of anilines is 1. The van der Waals surface area contributed by atoms with Crippen LogP contribution < -0.4 is 26.0 Å². The molecule has 3 fully saturated rings. The van der Waals surface area contributed by atoms with E-state index in [0.717, 1.165) is 71.5 Å². The number of nitrogens with zero attached hydrogens (tertiary/aromatic N) is 5. The van der Waals surface area contributed by atoms with Crippen LogP contribution in [-0.4, -0.2) is 105 Å². The molecule has 2 aromatic carbocycles. The molecule has 0 spiro atoms. The average molecular weight is 904 g/mol. The van der Waals surface area contributed by atoms with Crippen molar-refractivity contribution in [3.05, 3.63) is 88.4 Å². The maximum absolute atomic E-state index is 13.1. The standard InChI is InChI=1S/C49H61N9O8/c1-31-24-52-49(56-46(31)39-27-53-57(2)42(39)23-32-8-9-32)54-36-16-14-35(15-17-36)50-26-37(59)5-4-20-64-21-22-65-30-45(61)51-25-33-10-12-34(13-11-33)29-66-43-7-3-6-38-40(43)28-58(48(38)63)41-18-19-44(60)55-47(41)62/h3,6-7,10-13,24,27,32,35-36,41,50H,4-5,8-9,14-23,25-26,28-30H2,1-2H3,(H,51,61)(H,52,54,56)(H,55,60,62). The zero-order valence-corrected chi connectivity index (χ0v) is 37.9. The minimum atomic E-state index is -0.690. The number of amides is 4. The van der Waals surface area contributed by atoms with Crippen LogP contribution in [0, 0.1) is 12.8 Å². The van der Waals surface area contributed by atoms with E-state index in [1.165, 1.54) is 23.4 Å². The monoisotopic (exact) mass is 903 g/mol. The fourth-order valence-electron chi connectivity index (χ4n) is 8.87. The maximum atomic E-state index is 13.1. The maximum Gasteiger partial charge on any atom is 0.255 e. The molecule has 66 heavy (non-hydrogen) atoms. The predicted octanol–water partition coefficient (Wildman–Crippen LogP) is 4.49. The van der Waals surface area contributed by atoms with Crippen LogP contribution in [0.1, 0.15) is 103 Å². The molecule has 4 amide bonds. The number of imide groups is 1. The van der Waals surface area contributed by atoms with E-state index in [1.807, 2.05) is 48.4 Å². The van der Waals surface area contributed by atoms with Gasteiger partial charge in [0.05, 0.1) is 38.2 Å². The number of piperidine rings is 1. The molecule has 1 unspecified atom stereocenters. The van der Waals surface area contributed by atoms with E-state index in [1.54, 1.807) is 18.2 Å². The summed E-state index contributed by atoms with van der Waals surface area (Å²) >= 11 is 0. The zero-order chi connectivity index (χ0) is 46.0. The summed E-state index contributed by atoms with van der Waals surface area (Å²) in [6, 6.07) is 12.8. The van der Waals surface area contributed by atoms with E-state index in [2.05, 4.69) is 38.3 Å². The summed E-state index contributed by atoms with van der Waals surface area (Å²) < 4.78 is 19.2. The molecule has 1 saturated heterocycles. The molecule has 0 radical (unpaired) electrons. The van der Waals surface area contributed by atoms with Crippen LogP contribution in [-0.2, 0) is 61.8 Å². The summed E-state index contributed by atoms with van der Waals surface area (Å²) in [5, 5.41) is 16.8. The number of fused-ring (bicyclic) bond motifs is 1. The van der Waals surface area contributed by atoms with Gasteiger partial charge in [-0.3, -0.25) is 34.0 Å². The molecular weight excluding hydrogens is 843 g/mol. The summed E-state index contributed by atoms with van der Waals surface area (Å²) in [6.07, 6.45) is 12.9. The van der Waals surface area contributed by atoms with Gasteiger partial charge < -0.3 is 35.1 Å². The van der Waals surface area contributed by atoms with Gasteiger partial charge in [-0.15, -0.1) is 0 Å². The molecule has 4 aliphatic rings. The number of aryl methyl sites for hydroxylation is 2. The number of hydrogen-bond donors (Lipinski definition) is 4. The summed E-state index contributed by atoms with van der Waals surface area (Å²) in [7, 11) is 2.01. The number of Topliss-reactive ketones (excluding diaryl/α,β-unsaturated/α-hetero) is 1. The second-order valence-corrected chi connectivity index (χ2v) is 17.9. The van der Waals surface area contributed by atoms with Crippen LogP contribution in [0.4, 0.5) is 5.95 Å². The molecule has 4 aromatic rings. The largest absolute Gasteiger partial charge is 0.489 e. The van der Waals surface area contributed by atoms with Gasteiger partial charge >= 0.3 is 0 Å². The predicted molar refractivity (Wildman–Crippen MR) is 244 cm³/mol. The van der Waals surface area contributed by atoms with E-state index >= 15 is 0 Å². The molecule has 2 aliphatic heterocycles. The number of carbonyl (C=O) groups excluding carboxylic acids is 5. The number of carbonyl (C=O) groups is 5. The van der Waals surface area contributed by atoms with Gasteiger partial charge in [-0.25, -0.2) is 9.97 Å². The number of rotatable bonds is 23. The van der Waals surface area contributed by atoms with Crippen LogP contribution in [0.25, 0.3) is 11.3 Å². The molecular formula is C49H61N9O8. The normalized spacial score (nSPS) is 19.4. The summed E-state index contributed by atoms with van der Waals surface area (Å²) in [4.78, 5) is 73.1. The third-order valence-corrected chi connectivity index (χ3v) is 12.9. The number of ketones is 1. The first kappa shape index (κ1) is 46.5. The molecule has 4 heterocycles. The number of aromatic nitrogens is 4. The van der Waals surface area contributed by atoms with Gasteiger partial charge in [-0.1, -0.05) is 30.3 Å². The van der Waals surface area contributed by atoms with Crippen molar-refractivity contribution in [1.29, 1.82) is 0 Å². The van der Waals surface area contributed by atoms with Crippen molar-refractivity contribution in [2.45, 2.75) is 115 Å². The number of benzene rings is 2. The number of hydrogen-bond acceptors (Lipinski definition) is 13. The van der Waals surface area contributed by atoms with Crippen LogP contribution in [0.5, 0.6) is 5.75 Å². The molecule has 17 heteroatoms. The highest BCUT2D eigenvalue weighted by Crippen LogP contribution is 2.37. The minimum absolute atomic E-state index is 0.0871. The van der Waals surface area contributed by atoms with Gasteiger partial charge in [-0.05, 0) is 99.5 Å². The number of nitrogens with one attached hydrogen (secondary N) is 4. The summed E-state index contributed by atoms with van der Waals surface area (Å²) in [6.45, 7) is 4.21. The molecule has 2 aliphatic carbocycles. The highest BCUT2D eigenvalue weighted by atomic mass is 16.5. The van der Waals surface area contributed by atoms with E-state index < -0.39 is 11.9 Å². The van der Waals surface area contributed by atoms with Crippen molar-refractivity contribution >= 4 is 35.4 Å². The molecule has 8 rings (SSSR count). The highest BCUT2D eigenvalue weighted by Gasteiger charge is 2.40. The molecule has 17 nitrogen and oxygen atoms in total. The second kappa shape index (κ2) is 22.0. The lowest BCUT2D eigenvalue weighted by atomic mass is 9.91.